The van der Waals surface area contributed by atoms with Gasteiger partial charge in [0.2, 0.25) is 0 Å². The molecule has 3 N–H and O–H groups in total. The van der Waals surface area contributed by atoms with Crippen LogP contribution in [-0.2, 0) is 24.3 Å². The SMILES string of the molecule is O=P(O)(O)O.[O]=[Fe]. The molecule has 0 aliphatic rings. The summed E-state index contributed by atoms with van der Waals surface area (Å²) in [5, 5.41) is 0. The average molecular weight is 170 g/mol. The van der Waals surface area contributed by atoms with E-state index in [4.69, 9.17) is 23.1 Å². The number of phosphoric acid groups is 1. The molecule has 46 valence electrons. The van der Waals surface area contributed by atoms with Crippen molar-refractivity contribution in [2.45, 2.75) is 0 Å². The molecule has 0 heterocycles. The maximum absolute atomic E-state index is 8.88. The summed E-state index contributed by atoms with van der Waals surface area (Å²) in [4.78, 5) is 21.6. The van der Waals surface area contributed by atoms with Gasteiger partial charge in [0.05, 0.1) is 0 Å². The number of hydrogen-bond acceptors (Lipinski definition) is 2. The van der Waals surface area contributed by atoms with Gasteiger partial charge in [0.1, 0.15) is 0 Å². The quantitative estimate of drug-likeness (QED) is 0.318. The van der Waals surface area contributed by atoms with Crippen molar-refractivity contribution in [3.8, 4) is 0 Å². The van der Waals surface area contributed by atoms with Crippen LogP contribution in [-0.4, -0.2) is 14.7 Å². The van der Waals surface area contributed by atoms with Crippen LogP contribution in [0.15, 0.2) is 0 Å². The van der Waals surface area contributed by atoms with Gasteiger partial charge in [0, 0.05) is 0 Å². The molecular formula is H3FeO5P. The second-order valence-corrected chi connectivity index (χ2v) is 1.54. The van der Waals surface area contributed by atoms with Gasteiger partial charge in [-0.15, -0.1) is 0 Å². The summed E-state index contributed by atoms with van der Waals surface area (Å²) >= 11 is 2.00. The third-order valence-corrected chi connectivity index (χ3v) is 0. The van der Waals surface area contributed by atoms with Gasteiger partial charge in [-0.2, -0.15) is 0 Å². The Morgan fingerprint density at radius 1 is 1.14 bits per heavy atom. The summed E-state index contributed by atoms with van der Waals surface area (Å²) in [6, 6.07) is 0. The van der Waals surface area contributed by atoms with Crippen LogP contribution in [0, 0.1) is 0 Å². The average Bonchev–Trinajstić information content (AvgIpc) is 1.36. The van der Waals surface area contributed by atoms with Crippen LogP contribution in [0.3, 0.4) is 0 Å². The van der Waals surface area contributed by atoms with Crippen molar-refractivity contribution < 1.29 is 39.0 Å². The van der Waals surface area contributed by atoms with Gasteiger partial charge < -0.3 is 14.7 Å². The van der Waals surface area contributed by atoms with E-state index in [1.807, 2.05) is 15.9 Å². The fourth-order valence-corrected chi connectivity index (χ4v) is 0. The molecule has 0 aromatic rings. The summed E-state index contributed by atoms with van der Waals surface area (Å²) in [6.07, 6.45) is 0. The molecule has 7 heteroatoms. The molecule has 0 aromatic heterocycles. The molecule has 0 atom stereocenters. The molecular weight excluding hydrogens is 167 g/mol. The van der Waals surface area contributed by atoms with E-state index in [1.54, 1.807) is 0 Å². The molecule has 0 aliphatic carbocycles. The Labute approximate surface area is 47.6 Å². The summed E-state index contributed by atoms with van der Waals surface area (Å²) in [7, 11) is -4.64. The Morgan fingerprint density at radius 2 is 1.14 bits per heavy atom. The zero-order chi connectivity index (χ0) is 6.50. The number of rotatable bonds is 0. The Balaban J connectivity index is 0. The zero-order valence-electron chi connectivity index (χ0n) is 2.96. The van der Waals surface area contributed by atoms with E-state index in [-0.39, 0.29) is 0 Å². The fraction of sp³-hybridized carbons (Fsp3) is 0. The van der Waals surface area contributed by atoms with Crippen LogP contribution in [0.2, 0.25) is 0 Å². The van der Waals surface area contributed by atoms with Gasteiger partial charge in [0.25, 0.3) is 0 Å². The molecule has 0 aromatic carbocycles. The number of hydrogen-bond donors (Lipinski definition) is 3. The van der Waals surface area contributed by atoms with Crippen LogP contribution in [0.25, 0.3) is 0 Å². The molecule has 0 aliphatic heterocycles. The Kier molecular flexibility index (Phi) is 6.82. The molecule has 0 unspecified atom stereocenters. The topological polar surface area (TPSA) is 94.8 Å². The van der Waals surface area contributed by atoms with Crippen molar-refractivity contribution in [1.29, 1.82) is 0 Å². The first-order valence-electron chi connectivity index (χ1n) is 0.927. The minimum atomic E-state index is -4.64. The van der Waals surface area contributed by atoms with Crippen LogP contribution >= 0.6 is 7.82 Å². The molecule has 0 radical (unpaired) electrons. The van der Waals surface area contributed by atoms with Crippen LogP contribution in [0.5, 0.6) is 0 Å². The van der Waals surface area contributed by atoms with E-state index in [0.29, 0.717) is 0 Å². The van der Waals surface area contributed by atoms with Crippen molar-refractivity contribution in [3.63, 3.8) is 0 Å². The molecule has 0 fully saturated rings. The van der Waals surface area contributed by atoms with E-state index < -0.39 is 7.82 Å². The summed E-state index contributed by atoms with van der Waals surface area (Å²) in [5.74, 6) is 0. The van der Waals surface area contributed by atoms with E-state index in [0.717, 1.165) is 0 Å². The van der Waals surface area contributed by atoms with Crippen LogP contribution in [0.4, 0.5) is 0 Å². The van der Waals surface area contributed by atoms with Crippen molar-refractivity contribution >= 4 is 7.82 Å². The first-order valence-corrected chi connectivity index (χ1v) is 2.94. The van der Waals surface area contributed by atoms with Gasteiger partial charge in [-0.25, -0.2) is 4.57 Å². The maximum atomic E-state index is 8.88. The van der Waals surface area contributed by atoms with E-state index in [1.165, 1.54) is 0 Å². The first-order chi connectivity index (χ1) is 3.00. The summed E-state index contributed by atoms with van der Waals surface area (Å²) in [6.45, 7) is 0. The van der Waals surface area contributed by atoms with Gasteiger partial charge in [-0.05, 0) is 0 Å². The molecule has 0 rings (SSSR count). The summed E-state index contributed by atoms with van der Waals surface area (Å²) < 4.78 is 16.9. The fourth-order valence-electron chi connectivity index (χ4n) is 0. The second-order valence-electron chi connectivity index (χ2n) is 0.513. The molecule has 7 heavy (non-hydrogen) atoms. The van der Waals surface area contributed by atoms with Gasteiger partial charge >= 0.3 is 27.6 Å². The van der Waals surface area contributed by atoms with Gasteiger partial charge in [-0.3, -0.25) is 0 Å². The normalized spacial score (nSPS) is 9.14. The van der Waals surface area contributed by atoms with E-state index >= 15 is 0 Å². The van der Waals surface area contributed by atoms with Crippen molar-refractivity contribution in [1.82, 2.24) is 0 Å². The van der Waals surface area contributed by atoms with Crippen molar-refractivity contribution in [2.75, 3.05) is 0 Å². The molecule has 0 spiro atoms. The van der Waals surface area contributed by atoms with Crippen LogP contribution in [0.1, 0.15) is 0 Å². The van der Waals surface area contributed by atoms with Gasteiger partial charge in [-0.1, -0.05) is 0 Å². The molecule has 0 bridgehead atoms. The third-order valence-electron chi connectivity index (χ3n) is 0. The molecule has 0 saturated heterocycles. The van der Waals surface area contributed by atoms with Crippen LogP contribution < -0.4 is 0 Å². The predicted molar refractivity (Wildman–Crippen MR) is 14.9 cm³/mol. The Morgan fingerprint density at radius 3 is 1.14 bits per heavy atom. The van der Waals surface area contributed by atoms with E-state index in [9.17, 15) is 0 Å². The van der Waals surface area contributed by atoms with E-state index in [2.05, 4.69) is 0 Å². The summed E-state index contributed by atoms with van der Waals surface area (Å²) in [5.41, 5.74) is 0. The minimum absolute atomic E-state index is 2.00. The predicted octanol–water partition coefficient (Wildman–Crippen LogP) is -1.05. The molecule has 5 nitrogen and oxygen atoms in total. The Hall–Kier alpha value is 0.429. The first kappa shape index (κ1) is 10.4. The standard InChI is InChI=1S/Fe.H3O4P.O/c;1-5(2,3)4;/h;(H3,1,2,3,4);. The Bertz CT molecular complexity index is 63.9. The second kappa shape index (κ2) is 4.59. The molecule has 0 amide bonds. The van der Waals surface area contributed by atoms with Gasteiger partial charge in [0.15, 0.2) is 0 Å². The molecule has 0 saturated carbocycles. The van der Waals surface area contributed by atoms with Crippen molar-refractivity contribution in [3.05, 3.63) is 0 Å². The van der Waals surface area contributed by atoms with Crippen molar-refractivity contribution in [2.24, 2.45) is 0 Å². The monoisotopic (exact) mass is 170 g/mol. The zero-order valence-corrected chi connectivity index (χ0v) is 4.96. The third kappa shape index (κ3) is 684.